The van der Waals surface area contributed by atoms with E-state index in [0.29, 0.717) is 5.56 Å². The van der Waals surface area contributed by atoms with Crippen LogP contribution in [0.5, 0.6) is 0 Å². The molecule has 1 nitrogen and oxygen atoms in total. The van der Waals surface area contributed by atoms with Gasteiger partial charge in [-0.3, -0.25) is 0 Å². The maximum Gasteiger partial charge on any atom is 0.136 e. The summed E-state index contributed by atoms with van der Waals surface area (Å²) in [6.45, 7) is 0. The summed E-state index contributed by atoms with van der Waals surface area (Å²) >= 11 is 0. The maximum absolute atomic E-state index is 8.82. The quantitative estimate of drug-likeness (QED) is 0.219. The number of hydrogen-bond acceptors (Lipinski definition) is 1. The summed E-state index contributed by atoms with van der Waals surface area (Å²) in [5.41, 5.74) is 6.54. The molecule has 0 atom stereocenters. The van der Waals surface area contributed by atoms with Crippen LogP contribution in [-0.2, 0) is 0 Å². The normalized spacial score (nSPS) is 13.4. The molecule has 0 saturated heterocycles. The SMILES string of the molecule is [2H]c1c([2H])c([2H])c(-c2c3ccccc3c(-c3cc(-c4ccccc4)c4c(c3)oc3ccccc34)c3ccccc23)c([2H])c1[2H]. The minimum atomic E-state index is -0.401. The highest BCUT2D eigenvalue weighted by atomic mass is 16.3. The minimum Gasteiger partial charge on any atom is -0.456 e. The molecule has 0 aliphatic heterocycles. The Hall–Kier alpha value is -5.14. The maximum atomic E-state index is 8.82. The summed E-state index contributed by atoms with van der Waals surface area (Å²) in [6, 6.07) is 37.0. The first kappa shape index (κ1) is 17.4. The summed E-state index contributed by atoms with van der Waals surface area (Å²) in [4.78, 5) is 0. The number of rotatable bonds is 3. The van der Waals surface area contributed by atoms with Gasteiger partial charge in [-0.15, -0.1) is 0 Å². The molecular formula is C38H24O. The van der Waals surface area contributed by atoms with Gasteiger partial charge < -0.3 is 4.42 Å². The first-order valence-corrected chi connectivity index (χ1v) is 13.0. The fourth-order valence-electron chi connectivity index (χ4n) is 5.93. The molecule has 0 N–H and O–H groups in total. The zero-order chi connectivity index (χ0) is 30.1. The predicted octanol–water partition coefficient (Wildman–Crippen LogP) is 10.9. The lowest BCUT2D eigenvalue weighted by Gasteiger charge is -2.18. The molecule has 0 aliphatic carbocycles. The van der Waals surface area contributed by atoms with E-state index < -0.39 is 6.04 Å². The van der Waals surface area contributed by atoms with Crippen molar-refractivity contribution in [3.05, 3.63) is 145 Å². The van der Waals surface area contributed by atoms with E-state index in [4.69, 9.17) is 11.3 Å². The van der Waals surface area contributed by atoms with Crippen LogP contribution in [0.3, 0.4) is 0 Å². The van der Waals surface area contributed by atoms with Crippen LogP contribution >= 0.6 is 0 Å². The Bertz CT molecular complexity index is 2360. The van der Waals surface area contributed by atoms with Crippen LogP contribution in [0.15, 0.2) is 150 Å². The van der Waals surface area contributed by atoms with E-state index in [1.807, 2.05) is 84.9 Å². The van der Waals surface area contributed by atoms with E-state index in [0.717, 1.165) is 65.7 Å². The first-order valence-electron chi connectivity index (χ1n) is 15.5. The Balaban J connectivity index is 1.54. The van der Waals surface area contributed by atoms with Crippen LogP contribution in [0, 0.1) is 0 Å². The second-order valence-electron chi connectivity index (χ2n) is 9.70. The Kier molecular flexibility index (Phi) is 3.89. The Morgan fingerprint density at radius 1 is 0.436 bits per heavy atom. The van der Waals surface area contributed by atoms with E-state index in [1.165, 1.54) is 0 Å². The molecular weight excluding hydrogens is 472 g/mol. The standard InChI is InChI=1S/C38H24O/c1-3-13-25(14-4-1)33-23-27(24-35-38(33)32-21-11-12-22-34(32)39-35)37-30-19-9-7-17-28(30)36(26-15-5-2-6-16-26)29-18-8-10-20-31(29)37/h1-24H/i2D,5D,6D,15D,16D. The molecule has 0 unspecified atom stereocenters. The number of fused-ring (bicyclic) bond motifs is 5. The Morgan fingerprint density at radius 3 is 1.62 bits per heavy atom. The van der Waals surface area contributed by atoms with Gasteiger partial charge in [0.15, 0.2) is 0 Å². The molecule has 0 spiro atoms. The van der Waals surface area contributed by atoms with Crippen LogP contribution in [0.2, 0.25) is 0 Å². The van der Waals surface area contributed by atoms with Gasteiger partial charge in [0.05, 0.1) is 6.85 Å². The summed E-state index contributed by atoms with van der Waals surface area (Å²) in [6.07, 6.45) is 0. The second-order valence-corrected chi connectivity index (χ2v) is 9.70. The van der Waals surface area contributed by atoms with Gasteiger partial charge in [-0.2, -0.15) is 0 Å². The van der Waals surface area contributed by atoms with Crippen molar-refractivity contribution in [1.82, 2.24) is 0 Å². The van der Waals surface area contributed by atoms with Crippen LogP contribution in [0.25, 0.3) is 76.9 Å². The molecule has 0 fully saturated rings. The topological polar surface area (TPSA) is 13.1 Å². The third kappa shape index (κ3) is 3.41. The van der Waals surface area contributed by atoms with E-state index in [2.05, 4.69) is 30.3 Å². The van der Waals surface area contributed by atoms with Gasteiger partial charge in [-0.05, 0) is 73.1 Å². The molecule has 39 heavy (non-hydrogen) atoms. The highest BCUT2D eigenvalue weighted by Crippen LogP contribution is 2.46. The molecule has 8 rings (SSSR count). The zero-order valence-corrected chi connectivity index (χ0v) is 20.9. The Morgan fingerprint density at radius 2 is 0.974 bits per heavy atom. The lowest BCUT2D eigenvalue weighted by molar-refractivity contribution is 0.669. The van der Waals surface area contributed by atoms with Crippen molar-refractivity contribution in [2.75, 3.05) is 0 Å². The summed E-state index contributed by atoms with van der Waals surface area (Å²) in [7, 11) is 0. The third-order valence-electron chi connectivity index (χ3n) is 7.53. The lowest BCUT2D eigenvalue weighted by atomic mass is 9.85. The molecule has 1 heterocycles. The first-order chi connectivity index (χ1) is 21.4. The lowest BCUT2D eigenvalue weighted by Crippen LogP contribution is -1.91. The van der Waals surface area contributed by atoms with Crippen molar-refractivity contribution < 1.29 is 11.3 Å². The van der Waals surface area contributed by atoms with E-state index in [-0.39, 0.29) is 29.7 Å². The van der Waals surface area contributed by atoms with Gasteiger partial charge in [0.1, 0.15) is 11.2 Å². The fraction of sp³-hybridized carbons (Fsp3) is 0. The summed E-state index contributed by atoms with van der Waals surface area (Å²) < 4.78 is 49.0. The average molecular weight is 502 g/mol. The van der Waals surface area contributed by atoms with Crippen molar-refractivity contribution in [2.24, 2.45) is 0 Å². The smallest absolute Gasteiger partial charge is 0.136 e. The number of furan rings is 1. The molecule has 1 heteroatoms. The third-order valence-corrected chi connectivity index (χ3v) is 7.53. The van der Waals surface area contributed by atoms with Crippen molar-refractivity contribution in [3.8, 4) is 33.4 Å². The molecule has 1 aromatic heterocycles. The van der Waals surface area contributed by atoms with Crippen LogP contribution in [-0.4, -0.2) is 0 Å². The number of hydrogen-bond donors (Lipinski definition) is 0. The van der Waals surface area contributed by atoms with Gasteiger partial charge in [-0.25, -0.2) is 0 Å². The predicted molar refractivity (Wildman–Crippen MR) is 165 cm³/mol. The van der Waals surface area contributed by atoms with Crippen molar-refractivity contribution >= 4 is 43.5 Å². The summed E-state index contributed by atoms with van der Waals surface area (Å²) in [5, 5.41) is 5.57. The van der Waals surface area contributed by atoms with Gasteiger partial charge in [0, 0.05) is 10.8 Å². The van der Waals surface area contributed by atoms with Crippen molar-refractivity contribution in [2.45, 2.75) is 0 Å². The highest BCUT2D eigenvalue weighted by molar-refractivity contribution is 6.23. The van der Waals surface area contributed by atoms with Crippen molar-refractivity contribution in [3.63, 3.8) is 0 Å². The molecule has 0 saturated carbocycles. The molecule has 7 aromatic carbocycles. The van der Waals surface area contributed by atoms with E-state index in [9.17, 15) is 0 Å². The van der Waals surface area contributed by atoms with E-state index in [1.54, 1.807) is 0 Å². The molecule has 8 aromatic rings. The van der Waals surface area contributed by atoms with Crippen molar-refractivity contribution in [1.29, 1.82) is 0 Å². The average Bonchev–Trinajstić information content (AvgIpc) is 3.45. The molecule has 0 bridgehead atoms. The zero-order valence-electron chi connectivity index (χ0n) is 25.9. The fourth-order valence-corrected chi connectivity index (χ4v) is 5.93. The number of benzene rings is 7. The van der Waals surface area contributed by atoms with Gasteiger partial charge in [-0.1, -0.05) is 127 Å². The molecule has 0 aliphatic rings. The van der Waals surface area contributed by atoms with Crippen LogP contribution < -0.4 is 0 Å². The van der Waals surface area contributed by atoms with Gasteiger partial charge in [0.2, 0.25) is 0 Å². The second kappa shape index (κ2) is 8.72. The molecule has 0 amide bonds. The summed E-state index contributed by atoms with van der Waals surface area (Å²) in [5.74, 6) is 0. The Labute approximate surface area is 233 Å². The van der Waals surface area contributed by atoms with Crippen LogP contribution in [0.4, 0.5) is 0 Å². The van der Waals surface area contributed by atoms with E-state index >= 15 is 0 Å². The number of para-hydroxylation sites is 1. The van der Waals surface area contributed by atoms with Crippen LogP contribution in [0.1, 0.15) is 6.85 Å². The monoisotopic (exact) mass is 501 g/mol. The van der Waals surface area contributed by atoms with Gasteiger partial charge in [0.25, 0.3) is 0 Å². The highest BCUT2D eigenvalue weighted by Gasteiger charge is 2.20. The minimum absolute atomic E-state index is 0.202. The molecule has 182 valence electrons. The van der Waals surface area contributed by atoms with Gasteiger partial charge >= 0.3 is 0 Å². The molecule has 0 radical (unpaired) electrons. The largest absolute Gasteiger partial charge is 0.456 e.